The van der Waals surface area contributed by atoms with Gasteiger partial charge in [0, 0.05) is 12.8 Å². The van der Waals surface area contributed by atoms with E-state index in [0.717, 1.165) is 0 Å². The molecule has 0 spiro atoms. The van der Waals surface area contributed by atoms with Crippen LogP contribution in [0.15, 0.2) is 0 Å². The maximum absolute atomic E-state index is 10.7. The zero-order valence-electron chi connectivity index (χ0n) is 8.14. The fourth-order valence-corrected chi connectivity index (χ4v) is 1.74. The number of carbonyl (C=O) groups excluding carboxylic acids is 2. The third-order valence-corrected chi connectivity index (χ3v) is 3.43. The van der Waals surface area contributed by atoms with Crippen LogP contribution < -0.4 is 0 Å². The Morgan fingerprint density at radius 3 is 1.11 bits per heavy atom. The SMILES string of the molecule is O=C(CCCCC(=O)P(=O)(O)O)P(=O)(O)O.[LiH].[LiH]. The predicted octanol–water partition coefficient (Wildman–Crippen LogP) is -1.34. The monoisotopic (exact) mass is 290 g/mol. The van der Waals surface area contributed by atoms with Crippen molar-refractivity contribution < 1.29 is 38.3 Å². The first-order chi connectivity index (χ1) is 7.05. The van der Waals surface area contributed by atoms with Crippen molar-refractivity contribution in [3.8, 4) is 0 Å². The van der Waals surface area contributed by atoms with Crippen LogP contribution in [0.3, 0.4) is 0 Å². The van der Waals surface area contributed by atoms with Gasteiger partial charge in [0.25, 0.3) is 0 Å². The molecule has 0 saturated heterocycles. The molecule has 0 aromatic carbocycles. The number of rotatable bonds is 7. The van der Waals surface area contributed by atoms with Gasteiger partial charge >= 0.3 is 52.9 Å². The Balaban J connectivity index is -0.00000112. The van der Waals surface area contributed by atoms with Gasteiger partial charge in [-0.25, -0.2) is 0 Å². The van der Waals surface area contributed by atoms with E-state index in [2.05, 4.69) is 0 Å². The molecule has 8 nitrogen and oxygen atoms in total. The van der Waals surface area contributed by atoms with Gasteiger partial charge in [0.2, 0.25) is 11.0 Å². The molecule has 0 atom stereocenters. The molecule has 18 heavy (non-hydrogen) atoms. The molecule has 0 bridgehead atoms. The Morgan fingerprint density at radius 2 is 0.944 bits per heavy atom. The first-order valence-corrected chi connectivity index (χ1v) is 7.45. The molecule has 98 valence electrons. The Morgan fingerprint density at radius 1 is 0.722 bits per heavy atom. The molecule has 0 aromatic heterocycles. The first-order valence-electron chi connectivity index (χ1n) is 4.23. The Labute approximate surface area is 128 Å². The zero-order valence-corrected chi connectivity index (χ0v) is 9.93. The fourth-order valence-electron chi connectivity index (χ4n) is 0.844. The molecule has 4 N–H and O–H groups in total. The molecule has 0 rings (SSSR count). The summed E-state index contributed by atoms with van der Waals surface area (Å²) in [4.78, 5) is 55.0. The van der Waals surface area contributed by atoms with Crippen LogP contribution in [0.4, 0.5) is 0 Å². The van der Waals surface area contributed by atoms with E-state index >= 15 is 0 Å². The van der Waals surface area contributed by atoms with Crippen molar-refractivity contribution in [2.75, 3.05) is 0 Å². The second-order valence-electron chi connectivity index (χ2n) is 3.08. The van der Waals surface area contributed by atoms with E-state index in [0.29, 0.717) is 0 Å². The van der Waals surface area contributed by atoms with Crippen LogP contribution in [0.2, 0.25) is 0 Å². The zero-order chi connectivity index (χ0) is 13.0. The van der Waals surface area contributed by atoms with Crippen LogP contribution in [0.1, 0.15) is 25.7 Å². The van der Waals surface area contributed by atoms with Crippen LogP contribution in [-0.2, 0) is 18.7 Å². The summed E-state index contributed by atoms with van der Waals surface area (Å²) >= 11 is 0. The molecule has 0 aliphatic heterocycles. The van der Waals surface area contributed by atoms with E-state index in [-0.39, 0.29) is 50.6 Å². The third-order valence-electron chi connectivity index (χ3n) is 1.68. The normalized spacial score (nSPS) is 11.1. The molecule has 0 amide bonds. The minimum absolute atomic E-state index is 0. The van der Waals surface area contributed by atoms with Gasteiger partial charge in [-0.1, -0.05) is 0 Å². The average Bonchev–Trinajstić information content (AvgIpc) is 2.08. The van der Waals surface area contributed by atoms with Gasteiger partial charge in [-0.05, 0) is 12.8 Å². The van der Waals surface area contributed by atoms with Crippen molar-refractivity contribution >= 4 is 64.0 Å². The van der Waals surface area contributed by atoms with E-state index in [4.69, 9.17) is 19.6 Å². The number of hydrogen-bond donors (Lipinski definition) is 4. The third kappa shape index (κ3) is 10.7. The summed E-state index contributed by atoms with van der Waals surface area (Å²) in [7, 11) is -9.46. The predicted molar refractivity (Wildman–Crippen MR) is 66.9 cm³/mol. The van der Waals surface area contributed by atoms with E-state index in [1.807, 2.05) is 0 Å². The molecule has 0 heterocycles. The van der Waals surface area contributed by atoms with Crippen LogP contribution in [0.5, 0.6) is 0 Å². The Hall–Kier alpha value is 0.835. The number of hydrogen-bond acceptors (Lipinski definition) is 4. The average molecular weight is 290 g/mol. The van der Waals surface area contributed by atoms with Crippen molar-refractivity contribution in [3.63, 3.8) is 0 Å². The number of unbranched alkanes of at least 4 members (excludes halogenated alkanes) is 1. The molecular weight excluding hydrogens is 276 g/mol. The van der Waals surface area contributed by atoms with Crippen molar-refractivity contribution in [2.24, 2.45) is 0 Å². The second-order valence-corrected chi connectivity index (χ2v) is 6.26. The molecule has 0 radical (unpaired) electrons. The van der Waals surface area contributed by atoms with Gasteiger partial charge in [-0.3, -0.25) is 18.7 Å². The molecule has 12 heteroatoms. The van der Waals surface area contributed by atoms with Gasteiger partial charge in [-0.15, -0.1) is 0 Å². The Kier molecular flexibility index (Phi) is 12.9. The summed E-state index contributed by atoms with van der Waals surface area (Å²) < 4.78 is 20.7. The van der Waals surface area contributed by atoms with Gasteiger partial charge in [0.1, 0.15) is 0 Å². The van der Waals surface area contributed by atoms with Gasteiger partial charge in [-0.2, -0.15) is 0 Å². The molecule has 0 saturated carbocycles. The van der Waals surface area contributed by atoms with Crippen LogP contribution in [0, 0.1) is 0 Å². The van der Waals surface area contributed by atoms with E-state index in [1.54, 1.807) is 0 Å². The van der Waals surface area contributed by atoms with Gasteiger partial charge in [0.05, 0.1) is 0 Å². The van der Waals surface area contributed by atoms with Gasteiger partial charge in [0.15, 0.2) is 0 Å². The topological polar surface area (TPSA) is 149 Å². The van der Waals surface area contributed by atoms with Gasteiger partial charge < -0.3 is 19.6 Å². The van der Waals surface area contributed by atoms with Crippen LogP contribution in [-0.4, -0.2) is 68.3 Å². The van der Waals surface area contributed by atoms with E-state index < -0.39 is 39.1 Å². The second kappa shape index (κ2) is 9.69. The summed E-state index contributed by atoms with van der Waals surface area (Å²) in [6.07, 6.45) is -0.844. The summed E-state index contributed by atoms with van der Waals surface area (Å²) in [6.45, 7) is 0. The molecule has 0 unspecified atom stereocenters. The summed E-state index contributed by atoms with van der Waals surface area (Å²) in [6, 6.07) is 0. The summed E-state index contributed by atoms with van der Waals surface area (Å²) in [5.41, 5.74) is -2.48. The van der Waals surface area contributed by atoms with E-state index in [1.165, 1.54) is 0 Å². The number of carbonyl (C=O) groups is 2. The minimum atomic E-state index is -4.73. The first kappa shape index (κ1) is 23.9. The summed E-state index contributed by atoms with van der Waals surface area (Å²) in [5, 5.41) is 0. The van der Waals surface area contributed by atoms with Crippen molar-refractivity contribution in [1.29, 1.82) is 0 Å². The van der Waals surface area contributed by atoms with Crippen molar-refractivity contribution in [1.82, 2.24) is 0 Å². The molecule has 0 aliphatic rings. The molecule has 0 aromatic rings. The molecular formula is C6H14Li2O8P2. The molecule has 0 aliphatic carbocycles. The van der Waals surface area contributed by atoms with E-state index in [9.17, 15) is 18.7 Å². The van der Waals surface area contributed by atoms with Crippen LogP contribution in [0.25, 0.3) is 0 Å². The quantitative estimate of drug-likeness (QED) is 0.255. The fraction of sp³-hybridized carbons (Fsp3) is 0.667. The van der Waals surface area contributed by atoms with Crippen molar-refractivity contribution in [2.45, 2.75) is 25.7 Å². The Bertz CT molecular complexity index is 336. The summed E-state index contributed by atoms with van der Waals surface area (Å²) in [5.74, 6) is 0. The van der Waals surface area contributed by atoms with Crippen molar-refractivity contribution in [3.05, 3.63) is 0 Å². The molecule has 0 fully saturated rings. The van der Waals surface area contributed by atoms with Crippen LogP contribution >= 0.6 is 15.2 Å². The maximum atomic E-state index is 10.7. The standard InChI is InChI=1S/C6H12O8P2.2Li.2H/c7-5(15(9,10)11)3-1-2-4-6(8)16(12,13)14;;;;/h1-4H2,(H2,9,10,11)(H2,12,13,14);;;;.